The van der Waals surface area contributed by atoms with E-state index in [-0.39, 0.29) is 6.61 Å². The summed E-state index contributed by atoms with van der Waals surface area (Å²) in [7, 11) is 0. The van der Waals surface area contributed by atoms with Gasteiger partial charge in [0.05, 0.1) is 6.61 Å². The van der Waals surface area contributed by atoms with Gasteiger partial charge in [0.25, 0.3) is 0 Å². The fraction of sp³-hybridized carbons (Fsp3) is 0.538. The molecule has 2 rings (SSSR count). The number of benzene rings is 1. The topological polar surface area (TPSA) is 32.3 Å². The van der Waals surface area contributed by atoms with E-state index in [0.29, 0.717) is 6.04 Å². The molecule has 1 aromatic rings. The Bertz CT molecular complexity index is 325. The summed E-state index contributed by atoms with van der Waals surface area (Å²) in [6.45, 7) is 3.36. The second-order valence-electron chi connectivity index (χ2n) is 4.43. The third-order valence-corrected chi connectivity index (χ3v) is 4.36. The van der Waals surface area contributed by atoms with Crippen molar-refractivity contribution in [1.82, 2.24) is 5.32 Å². The molecule has 0 bridgehead atoms. The molecule has 0 aromatic heterocycles. The van der Waals surface area contributed by atoms with E-state index in [4.69, 9.17) is 5.11 Å². The molecule has 2 unspecified atom stereocenters. The number of aliphatic hydroxyl groups is 1. The first-order valence-electron chi connectivity index (χ1n) is 5.81. The van der Waals surface area contributed by atoms with Crippen LogP contribution in [0.25, 0.3) is 0 Å². The second-order valence-corrected chi connectivity index (χ2v) is 5.90. The normalized spacial score (nSPS) is 24.9. The average molecular weight is 237 g/mol. The third kappa shape index (κ3) is 3.24. The lowest BCUT2D eigenvalue weighted by Crippen LogP contribution is -2.28. The van der Waals surface area contributed by atoms with Gasteiger partial charge in [0, 0.05) is 23.6 Å². The molecule has 16 heavy (non-hydrogen) atoms. The molecule has 0 saturated carbocycles. The summed E-state index contributed by atoms with van der Waals surface area (Å²) in [4.78, 5) is 0. The highest BCUT2D eigenvalue weighted by Gasteiger charge is 2.20. The lowest BCUT2D eigenvalue weighted by molar-refractivity contribution is 0.282. The van der Waals surface area contributed by atoms with Crippen LogP contribution in [-0.4, -0.2) is 22.2 Å². The summed E-state index contributed by atoms with van der Waals surface area (Å²) in [6, 6.07) is 8.82. The molecule has 1 fully saturated rings. The number of hydrogen-bond acceptors (Lipinski definition) is 3. The summed E-state index contributed by atoms with van der Waals surface area (Å²) in [5, 5.41) is 13.3. The largest absolute Gasteiger partial charge is 0.392 e. The maximum absolute atomic E-state index is 8.94. The van der Waals surface area contributed by atoms with Gasteiger partial charge >= 0.3 is 0 Å². The highest BCUT2D eigenvalue weighted by Crippen LogP contribution is 2.26. The highest BCUT2D eigenvalue weighted by molar-refractivity contribution is 8.00. The molecule has 2 N–H and O–H groups in total. The molecule has 1 aliphatic rings. The van der Waals surface area contributed by atoms with Crippen LogP contribution in [0.15, 0.2) is 24.3 Å². The van der Waals surface area contributed by atoms with Gasteiger partial charge in [-0.05, 0) is 17.5 Å². The third-order valence-electron chi connectivity index (χ3n) is 3.00. The Morgan fingerprint density at radius 1 is 1.31 bits per heavy atom. The van der Waals surface area contributed by atoms with Crippen LogP contribution < -0.4 is 5.32 Å². The lowest BCUT2D eigenvalue weighted by Gasteiger charge is -2.11. The molecule has 0 amide bonds. The van der Waals surface area contributed by atoms with Crippen LogP contribution in [0.4, 0.5) is 0 Å². The van der Waals surface area contributed by atoms with Gasteiger partial charge in [0.15, 0.2) is 0 Å². The fourth-order valence-corrected chi connectivity index (χ4v) is 3.17. The van der Waals surface area contributed by atoms with E-state index in [9.17, 15) is 0 Å². The number of aliphatic hydroxyl groups excluding tert-OH is 1. The van der Waals surface area contributed by atoms with Gasteiger partial charge in [-0.15, -0.1) is 0 Å². The van der Waals surface area contributed by atoms with E-state index in [2.05, 4.69) is 36.1 Å². The van der Waals surface area contributed by atoms with Gasteiger partial charge in [-0.2, -0.15) is 11.8 Å². The molecule has 88 valence electrons. The minimum Gasteiger partial charge on any atom is -0.392 e. The Morgan fingerprint density at radius 2 is 2.00 bits per heavy atom. The Balaban J connectivity index is 1.80. The van der Waals surface area contributed by atoms with E-state index in [1.54, 1.807) is 0 Å². The number of thioether (sulfide) groups is 1. The van der Waals surface area contributed by atoms with Crippen molar-refractivity contribution in [2.24, 2.45) is 0 Å². The number of hydrogen-bond donors (Lipinski definition) is 2. The van der Waals surface area contributed by atoms with Crippen LogP contribution >= 0.6 is 11.8 Å². The minimum atomic E-state index is 0.129. The molecule has 2 nitrogen and oxygen atoms in total. The van der Waals surface area contributed by atoms with E-state index < -0.39 is 0 Å². The first-order valence-corrected chi connectivity index (χ1v) is 6.86. The maximum atomic E-state index is 8.94. The fourth-order valence-electron chi connectivity index (χ4n) is 1.98. The molecular formula is C13H19NOS. The van der Waals surface area contributed by atoms with Crippen molar-refractivity contribution in [1.29, 1.82) is 0 Å². The van der Waals surface area contributed by atoms with Crippen LogP contribution in [0.5, 0.6) is 0 Å². The summed E-state index contributed by atoms with van der Waals surface area (Å²) < 4.78 is 0. The molecule has 0 spiro atoms. The molecule has 0 aliphatic carbocycles. The van der Waals surface area contributed by atoms with Gasteiger partial charge in [-0.1, -0.05) is 31.2 Å². The van der Waals surface area contributed by atoms with E-state index in [1.807, 2.05) is 12.1 Å². The molecule has 3 heteroatoms. The Morgan fingerprint density at radius 3 is 2.56 bits per heavy atom. The smallest absolute Gasteiger partial charge is 0.0681 e. The zero-order valence-corrected chi connectivity index (χ0v) is 10.5. The summed E-state index contributed by atoms with van der Waals surface area (Å²) in [6.07, 6.45) is 1.28. The van der Waals surface area contributed by atoms with Crippen molar-refractivity contribution >= 4 is 11.8 Å². The molecule has 1 saturated heterocycles. The standard InChI is InChI=1S/C13H19NOS/c1-10-6-13(9-16-10)14-7-11-2-4-12(8-15)5-3-11/h2-5,10,13-15H,6-9H2,1H3. The monoisotopic (exact) mass is 237 g/mol. The van der Waals surface area contributed by atoms with E-state index in [0.717, 1.165) is 17.4 Å². The van der Waals surface area contributed by atoms with Crippen molar-refractivity contribution in [2.45, 2.75) is 37.8 Å². The number of rotatable bonds is 4. The molecule has 1 aromatic carbocycles. The van der Waals surface area contributed by atoms with Crippen LogP contribution in [0.3, 0.4) is 0 Å². The number of nitrogens with one attached hydrogen (secondary N) is 1. The van der Waals surface area contributed by atoms with Crippen LogP contribution in [0.2, 0.25) is 0 Å². The maximum Gasteiger partial charge on any atom is 0.0681 e. The average Bonchev–Trinajstić information content (AvgIpc) is 2.73. The van der Waals surface area contributed by atoms with Crippen LogP contribution in [-0.2, 0) is 13.2 Å². The van der Waals surface area contributed by atoms with Gasteiger partial charge < -0.3 is 10.4 Å². The molecule has 0 radical (unpaired) electrons. The summed E-state index contributed by atoms with van der Waals surface area (Å²) >= 11 is 2.05. The van der Waals surface area contributed by atoms with Gasteiger partial charge in [0.1, 0.15) is 0 Å². The zero-order valence-electron chi connectivity index (χ0n) is 9.65. The van der Waals surface area contributed by atoms with Crippen LogP contribution in [0, 0.1) is 0 Å². The van der Waals surface area contributed by atoms with Crippen molar-refractivity contribution in [2.75, 3.05) is 5.75 Å². The molecular weight excluding hydrogens is 218 g/mol. The van der Waals surface area contributed by atoms with Gasteiger partial charge in [-0.3, -0.25) is 0 Å². The summed E-state index contributed by atoms with van der Waals surface area (Å²) in [5.41, 5.74) is 2.27. The predicted molar refractivity (Wildman–Crippen MR) is 69.5 cm³/mol. The SMILES string of the molecule is CC1CC(NCc2ccc(CO)cc2)CS1. The van der Waals surface area contributed by atoms with Gasteiger partial charge in [0.2, 0.25) is 0 Å². The molecule has 1 heterocycles. The van der Waals surface area contributed by atoms with E-state index in [1.165, 1.54) is 17.7 Å². The Labute approximate surface area is 101 Å². The van der Waals surface area contributed by atoms with E-state index >= 15 is 0 Å². The predicted octanol–water partition coefficient (Wildman–Crippen LogP) is 2.16. The Kier molecular flexibility index (Phi) is 4.27. The summed E-state index contributed by atoms with van der Waals surface area (Å²) in [5.74, 6) is 1.23. The van der Waals surface area contributed by atoms with Crippen molar-refractivity contribution < 1.29 is 5.11 Å². The quantitative estimate of drug-likeness (QED) is 0.841. The molecule has 2 atom stereocenters. The highest BCUT2D eigenvalue weighted by atomic mass is 32.2. The Hall–Kier alpha value is -0.510. The lowest BCUT2D eigenvalue weighted by atomic mass is 10.1. The van der Waals surface area contributed by atoms with Gasteiger partial charge in [-0.25, -0.2) is 0 Å². The van der Waals surface area contributed by atoms with Crippen LogP contribution in [0.1, 0.15) is 24.5 Å². The van der Waals surface area contributed by atoms with Crippen molar-refractivity contribution in [3.05, 3.63) is 35.4 Å². The molecule has 1 aliphatic heterocycles. The first-order chi connectivity index (χ1) is 7.78. The second kappa shape index (κ2) is 5.71. The van der Waals surface area contributed by atoms with Crippen molar-refractivity contribution in [3.8, 4) is 0 Å². The van der Waals surface area contributed by atoms with Crippen molar-refractivity contribution in [3.63, 3.8) is 0 Å². The minimum absolute atomic E-state index is 0.129. The zero-order chi connectivity index (χ0) is 11.4. The first kappa shape index (κ1) is 12.0.